The average molecular weight is 606 g/mol. The Balaban J connectivity index is 1.58. The lowest BCUT2D eigenvalue weighted by Gasteiger charge is -2.31. The minimum absolute atomic E-state index is 0.0317. The van der Waals surface area contributed by atoms with Crippen LogP contribution in [0.3, 0.4) is 0 Å². The highest BCUT2D eigenvalue weighted by Crippen LogP contribution is 2.47. The molecule has 9 nitrogen and oxygen atoms in total. The number of carbonyl (C=O) groups excluding carboxylic acids is 2. The zero-order chi connectivity index (χ0) is 30.6. The summed E-state index contributed by atoms with van der Waals surface area (Å²) in [5.41, 5.74) is -0.203. The van der Waals surface area contributed by atoms with Gasteiger partial charge in [0, 0.05) is 28.6 Å². The number of aliphatic hydroxyl groups is 1. The number of aromatic nitrogens is 3. The largest absolute Gasteiger partial charge is 0.489 e. The number of fused-ring (bicyclic) bond motifs is 2. The molecule has 1 aliphatic heterocycles. The third-order valence-corrected chi connectivity index (χ3v) is 7.67. The lowest BCUT2D eigenvalue weighted by molar-refractivity contribution is -0.265. The maximum Gasteiger partial charge on any atom is 0.424 e. The molecule has 4 aromatic rings. The SMILES string of the molecule is CCn1ncc2cc(C(=O)NCC(O)(c3cc4c(c(-c5ccc(F)cc5)n3)OC[C@]4(C)C(N)=O)C(F)(F)F)cc(Cl)c21. The molecule has 14 heteroatoms. The van der Waals surface area contributed by atoms with Crippen molar-refractivity contribution in [2.75, 3.05) is 13.2 Å². The molecule has 0 radical (unpaired) electrons. The Bertz CT molecular complexity index is 1730. The first-order chi connectivity index (χ1) is 19.7. The maximum atomic E-state index is 14.6. The van der Waals surface area contributed by atoms with E-state index in [1.54, 1.807) is 4.68 Å². The zero-order valence-corrected chi connectivity index (χ0v) is 23.0. The van der Waals surface area contributed by atoms with E-state index in [2.05, 4.69) is 15.4 Å². The molecular formula is C28H24ClF4N5O4. The highest BCUT2D eigenvalue weighted by Gasteiger charge is 2.57. The molecular weight excluding hydrogens is 582 g/mol. The summed E-state index contributed by atoms with van der Waals surface area (Å²) in [5, 5.41) is 18.1. The third kappa shape index (κ3) is 4.71. The van der Waals surface area contributed by atoms with Crippen LogP contribution in [0.2, 0.25) is 5.02 Å². The molecule has 3 heterocycles. The fourth-order valence-corrected chi connectivity index (χ4v) is 5.12. The van der Waals surface area contributed by atoms with Gasteiger partial charge in [0.25, 0.3) is 5.91 Å². The first-order valence-electron chi connectivity index (χ1n) is 12.7. The minimum atomic E-state index is -5.35. The quantitative estimate of drug-likeness (QED) is 0.270. The summed E-state index contributed by atoms with van der Waals surface area (Å²) in [6, 6.07) is 8.26. The number of nitrogens with two attached hydrogens (primary N) is 1. The van der Waals surface area contributed by atoms with Gasteiger partial charge in [0.05, 0.1) is 29.0 Å². The van der Waals surface area contributed by atoms with Gasteiger partial charge in [-0.25, -0.2) is 9.37 Å². The maximum absolute atomic E-state index is 14.6. The van der Waals surface area contributed by atoms with Crippen molar-refractivity contribution in [3.8, 4) is 17.0 Å². The number of aryl methyl sites for hydroxylation is 1. The van der Waals surface area contributed by atoms with Gasteiger partial charge in [-0.3, -0.25) is 14.3 Å². The third-order valence-electron chi connectivity index (χ3n) is 7.38. The topological polar surface area (TPSA) is 132 Å². The van der Waals surface area contributed by atoms with E-state index in [1.165, 1.54) is 37.4 Å². The number of carbonyl (C=O) groups is 2. The van der Waals surface area contributed by atoms with Gasteiger partial charge in [0.15, 0.2) is 0 Å². The van der Waals surface area contributed by atoms with Crippen LogP contribution in [-0.4, -0.2) is 51.0 Å². The second kappa shape index (κ2) is 10.2. The molecule has 2 aromatic heterocycles. The van der Waals surface area contributed by atoms with E-state index in [0.717, 1.165) is 18.2 Å². The van der Waals surface area contributed by atoms with Crippen molar-refractivity contribution < 1.29 is 37.0 Å². The number of pyridine rings is 1. The van der Waals surface area contributed by atoms with Gasteiger partial charge in [0.2, 0.25) is 11.5 Å². The van der Waals surface area contributed by atoms with Crippen molar-refractivity contribution in [1.82, 2.24) is 20.1 Å². The monoisotopic (exact) mass is 605 g/mol. The Kier molecular flexibility index (Phi) is 7.14. The molecule has 0 fully saturated rings. The summed E-state index contributed by atoms with van der Waals surface area (Å²) >= 11 is 6.33. The van der Waals surface area contributed by atoms with E-state index in [1.807, 2.05) is 6.92 Å². The summed E-state index contributed by atoms with van der Waals surface area (Å²) < 4.78 is 64.7. The van der Waals surface area contributed by atoms with E-state index in [9.17, 15) is 32.3 Å². The fraction of sp³-hybridized carbons (Fsp3) is 0.286. The van der Waals surface area contributed by atoms with Gasteiger partial charge in [-0.05, 0) is 56.3 Å². The zero-order valence-electron chi connectivity index (χ0n) is 22.2. The number of benzene rings is 2. The number of nitrogens with zero attached hydrogens (tertiary/aromatic N) is 3. The summed E-state index contributed by atoms with van der Waals surface area (Å²) in [6.45, 7) is 2.08. The van der Waals surface area contributed by atoms with Gasteiger partial charge in [0.1, 0.15) is 29.3 Å². The van der Waals surface area contributed by atoms with Crippen molar-refractivity contribution in [1.29, 1.82) is 0 Å². The Morgan fingerprint density at radius 3 is 2.52 bits per heavy atom. The Labute approximate surface area is 241 Å². The van der Waals surface area contributed by atoms with Crippen LogP contribution < -0.4 is 15.8 Å². The number of alkyl halides is 3. The summed E-state index contributed by atoms with van der Waals surface area (Å²) in [6.07, 6.45) is -3.88. The summed E-state index contributed by atoms with van der Waals surface area (Å²) in [4.78, 5) is 29.4. The van der Waals surface area contributed by atoms with Crippen LogP contribution in [0.5, 0.6) is 5.75 Å². The lowest BCUT2D eigenvalue weighted by Crippen LogP contribution is -2.51. The number of nitrogens with one attached hydrogen (secondary N) is 1. The molecule has 2 atom stereocenters. The highest BCUT2D eigenvalue weighted by molar-refractivity contribution is 6.35. The van der Waals surface area contributed by atoms with Crippen LogP contribution >= 0.6 is 11.6 Å². The van der Waals surface area contributed by atoms with Crippen LogP contribution in [0.15, 0.2) is 48.7 Å². The number of rotatable bonds is 7. The second-order valence-electron chi connectivity index (χ2n) is 10.1. The standard InChI is InChI=1S/C28H24ClF4N5O4/c1-3-38-22-16(11-36-38)8-15(9-19(22)29)24(39)35-12-27(41,28(31,32)33)20-10-18-23(42-13-26(18,2)25(34)40)21(37-20)14-4-6-17(30)7-5-14/h4-11,41H,3,12-13H2,1-2H3,(H2,34,40)(H,35,39)/t26-,27?/m0/s1. The molecule has 42 heavy (non-hydrogen) atoms. The van der Waals surface area contributed by atoms with Crippen molar-refractivity contribution in [3.63, 3.8) is 0 Å². The minimum Gasteiger partial charge on any atom is -0.489 e. The summed E-state index contributed by atoms with van der Waals surface area (Å²) in [5.74, 6) is -2.47. The van der Waals surface area contributed by atoms with E-state index in [-0.39, 0.29) is 39.8 Å². The predicted octanol–water partition coefficient (Wildman–Crippen LogP) is 4.23. The number of ether oxygens (including phenoxy) is 1. The van der Waals surface area contributed by atoms with E-state index in [4.69, 9.17) is 22.1 Å². The van der Waals surface area contributed by atoms with E-state index >= 15 is 0 Å². The number of primary amides is 1. The molecule has 0 bridgehead atoms. The number of hydrogen-bond acceptors (Lipinski definition) is 6. The molecule has 2 aromatic carbocycles. The lowest BCUT2D eigenvalue weighted by atomic mass is 9.81. The summed E-state index contributed by atoms with van der Waals surface area (Å²) in [7, 11) is 0. The first kappa shape index (κ1) is 29.3. The van der Waals surface area contributed by atoms with Crippen LogP contribution in [0.4, 0.5) is 17.6 Å². The first-order valence-corrected chi connectivity index (χ1v) is 13.0. The molecule has 0 spiro atoms. The highest BCUT2D eigenvalue weighted by atomic mass is 35.5. The molecule has 0 saturated carbocycles. The number of amides is 2. The number of hydrogen-bond donors (Lipinski definition) is 3. The van der Waals surface area contributed by atoms with E-state index in [0.29, 0.717) is 17.4 Å². The molecule has 1 aliphatic rings. The van der Waals surface area contributed by atoms with Gasteiger partial charge in [-0.2, -0.15) is 18.3 Å². The molecule has 0 aliphatic carbocycles. The molecule has 2 amide bonds. The Morgan fingerprint density at radius 1 is 1.21 bits per heavy atom. The van der Waals surface area contributed by atoms with Crippen LogP contribution in [0, 0.1) is 5.82 Å². The average Bonchev–Trinajstić information content (AvgIpc) is 3.53. The van der Waals surface area contributed by atoms with Crippen molar-refractivity contribution in [2.24, 2.45) is 5.73 Å². The van der Waals surface area contributed by atoms with Crippen molar-refractivity contribution in [3.05, 3.63) is 76.3 Å². The Hall–Kier alpha value is -4.23. The van der Waals surface area contributed by atoms with Crippen LogP contribution in [0.25, 0.3) is 22.2 Å². The molecule has 5 rings (SSSR count). The fourth-order valence-electron chi connectivity index (χ4n) is 4.80. The van der Waals surface area contributed by atoms with Gasteiger partial charge < -0.3 is 20.9 Å². The molecule has 1 unspecified atom stereocenters. The Morgan fingerprint density at radius 2 is 1.90 bits per heavy atom. The van der Waals surface area contributed by atoms with Gasteiger partial charge >= 0.3 is 6.18 Å². The normalized spacial score (nSPS) is 17.9. The smallest absolute Gasteiger partial charge is 0.424 e. The van der Waals surface area contributed by atoms with E-state index < -0.39 is 47.1 Å². The molecule has 4 N–H and O–H groups in total. The van der Waals surface area contributed by atoms with Gasteiger partial charge in [-0.1, -0.05) is 11.6 Å². The van der Waals surface area contributed by atoms with Crippen molar-refractivity contribution >= 4 is 34.3 Å². The molecule has 220 valence electrons. The second-order valence-corrected chi connectivity index (χ2v) is 10.5. The predicted molar refractivity (Wildman–Crippen MR) is 144 cm³/mol. The van der Waals surface area contributed by atoms with Gasteiger partial charge in [-0.15, -0.1) is 0 Å². The van der Waals surface area contributed by atoms with Crippen molar-refractivity contribution in [2.45, 2.75) is 37.6 Å². The molecule has 0 saturated heterocycles. The van der Waals surface area contributed by atoms with Crippen LogP contribution in [-0.2, 0) is 22.4 Å². The number of halogens is 5. The van der Waals surface area contributed by atoms with Crippen LogP contribution in [0.1, 0.15) is 35.5 Å².